The topological polar surface area (TPSA) is 80.9 Å². The molecule has 0 radical (unpaired) electrons. The number of rotatable bonds is 9. The molecular weight excluding hydrogens is 412 g/mol. The first kappa shape index (κ1) is 25.9. The number of allylic oxidation sites excluding steroid dienone is 6. The van der Waals surface area contributed by atoms with E-state index in [-0.39, 0.29) is 23.0 Å². The molecule has 2 aromatic rings. The summed E-state index contributed by atoms with van der Waals surface area (Å²) in [6, 6.07) is 6.18. The van der Waals surface area contributed by atoms with Crippen LogP contribution >= 0.6 is 0 Å². The van der Waals surface area contributed by atoms with Gasteiger partial charge in [-0.25, -0.2) is 0 Å². The number of hydrogen-bond donors (Lipinski definition) is 4. The van der Waals surface area contributed by atoms with Crippen molar-refractivity contribution in [1.29, 1.82) is 0 Å². The zero-order chi connectivity index (χ0) is 24.5. The minimum Gasteiger partial charge on any atom is -0.508 e. The zero-order valence-electron chi connectivity index (χ0n) is 20.3. The van der Waals surface area contributed by atoms with Gasteiger partial charge in [-0.05, 0) is 83.6 Å². The molecule has 33 heavy (non-hydrogen) atoms. The Balaban J connectivity index is 2.38. The van der Waals surface area contributed by atoms with Crippen LogP contribution in [0.25, 0.3) is 12.2 Å². The molecule has 4 N–H and O–H groups in total. The second kappa shape index (κ2) is 12.0. The summed E-state index contributed by atoms with van der Waals surface area (Å²) in [5.41, 5.74) is 6.44. The molecule has 0 unspecified atom stereocenters. The van der Waals surface area contributed by atoms with Gasteiger partial charge in [0.1, 0.15) is 11.5 Å². The lowest BCUT2D eigenvalue weighted by molar-refractivity contribution is 0.400. The first-order chi connectivity index (χ1) is 15.6. The van der Waals surface area contributed by atoms with Gasteiger partial charge in [0.25, 0.3) is 0 Å². The van der Waals surface area contributed by atoms with Crippen LogP contribution in [0.4, 0.5) is 0 Å². The fourth-order valence-corrected chi connectivity index (χ4v) is 3.50. The maximum Gasteiger partial charge on any atom is 0.161 e. The second-order valence-corrected chi connectivity index (χ2v) is 8.93. The number of phenolic OH excluding ortho intramolecular Hbond substituents is 4. The highest BCUT2D eigenvalue weighted by atomic mass is 16.3. The molecule has 4 nitrogen and oxygen atoms in total. The molecule has 0 aliphatic rings. The molecule has 0 saturated carbocycles. The van der Waals surface area contributed by atoms with Crippen LogP contribution in [0.15, 0.2) is 59.2 Å². The quantitative estimate of drug-likeness (QED) is 0.183. The molecule has 0 spiro atoms. The van der Waals surface area contributed by atoms with Crippen LogP contribution in [0.1, 0.15) is 69.7 Å². The van der Waals surface area contributed by atoms with E-state index in [4.69, 9.17) is 0 Å². The van der Waals surface area contributed by atoms with Crippen molar-refractivity contribution in [1.82, 2.24) is 0 Å². The van der Waals surface area contributed by atoms with Crippen LogP contribution < -0.4 is 0 Å². The van der Waals surface area contributed by atoms with Crippen molar-refractivity contribution >= 4 is 12.2 Å². The van der Waals surface area contributed by atoms with Crippen LogP contribution in [-0.4, -0.2) is 20.4 Å². The fraction of sp³-hybridized carbons (Fsp3) is 0.310. The van der Waals surface area contributed by atoms with E-state index in [9.17, 15) is 20.4 Å². The summed E-state index contributed by atoms with van der Waals surface area (Å²) in [7, 11) is 0. The molecule has 2 aromatic carbocycles. The molecule has 0 amide bonds. The van der Waals surface area contributed by atoms with E-state index < -0.39 is 0 Å². The minimum atomic E-state index is -0.159. The summed E-state index contributed by atoms with van der Waals surface area (Å²) < 4.78 is 0. The number of hydrogen-bond acceptors (Lipinski definition) is 4. The summed E-state index contributed by atoms with van der Waals surface area (Å²) in [4.78, 5) is 0. The van der Waals surface area contributed by atoms with Gasteiger partial charge in [0.15, 0.2) is 11.5 Å². The van der Waals surface area contributed by atoms with Crippen LogP contribution in [0.5, 0.6) is 23.0 Å². The maximum atomic E-state index is 10.5. The summed E-state index contributed by atoms with van der Waals surface area (Å²) >= 11 is 0. The van der Waals surface area contributed by atoms with Crippen molar-refractivity contribution in [2.75, 3.05) is 0 Å². The average Bonchev–Trinajstić information content (AvgIpc) is 2.72. The number of phenols is 4. The van der Waals surface area contributed by atoms with Crippen molar-refractivity contribution in [3.63, 3.8) is 0 Å². The van der Waals surface area contributed by atoms with Gasteiger partial charge in [0, 0.05) is 17.2 Å². The highest BCUT2D eigenvalue weighted by molar-refractivity contribution is 5.76. The van der Waals surface area contributed by atoms with Gasteiger partial charge in [-0.1, -0.05) is 53.2 Å². The summed E-state index contributed by atoms with van der Waals surface area (Å²) in [6.45, 7) is 10.2. The lowest BCUT2D eigenvalue weighted by Gasteiger charge is -2.11. The standard InChI is InChI=1S/C29H36O4/c1-19(2)7-6-8-21(5)10-15-25-23(17-24(30)18-28(25)32)12-11-22-13-16-27(31)29(33)26(22)14-9-20(3)4/h7,9-13,16-18,30-33H,6,8,14-15H2,1-5H3/b12-11+,21-10+. The van der Waals surface area contributed by atoms with Gasteiger partial charge in [-0.15, -0.1) is 0 Å². The Bertz CT molecular complexity index is 1090. The molecule has 0 bridgehead atoms. The Morgan fingerprint density at radius 2 is 1.33 bits per heavy atom. The first-order valence-electron chi connectivity index (χ1n) is 11.3. The van der Waals surface area contributed by atoms with Crippen LogP contribution in [-0.2, 0) is 12.8 Å². The Morgan fingerprint density at radius 3 is 2.00 bits per heavy atom. The highest BCUT2D eigenvalue weighted by Gasteiger charge is 2.11. The van der Waals surface area contributed by atoms with Gasteiger partial charge >= 0.3 is 0 Å². The predicted molar refractivity (Wildman–Crippen MR) is 138 cm³/mol. The minimum absolute atomic E-state index is 0.0153. The zero-order valence-corrected chi connectivity index (χ0v) is 20.3. The number of benzene rings is 2. The van der Waals surface area contributed by atoms with E-state index in [1.807, 2.05) is 32.1 Å². The summed E-state index contributed by atoms with van der Waals surface area (Å²) in [5.74, 6) is -0.267. The van der Waals surface area contributed by atoms with Crippen molar-refractivity contribution in [2.45, 2.75) is 60.3 Å². The highest BCUT2D eigenvalue weighted by Crippen LogP contribution is 2.34. The Morgan fingerprint density at radius 1 is 0.697 bits per heavy atom. The van der Waals surface area contributed by atoms with Gasteiger partial charge < -0.3 is 20.4 Å². The van der Waals surface area contributed by atoms with E-state index >= 15 is 0 Å². The molecule has 0 atom stereocenters. The summed E-state index contributed by atoms with van der Waals surface area (Å²) in [6.07, 6.45) is 12.9. The third kappa shape index (κ3) is 7.90. The summed E-state index contributed by atoms with van der Waals surface area (Å²) in [5, 5.41) is 40.9. The molecular formula is C29H36O4. The lowest BCUT2D eigenvalue weighted by atomic mass is 9.97. The largest absolute Gasteiger partial charge is 0.508 e. The molecule has 0 fully saturated rings. The van der Waals surface area contributed by atoms with Crippen LogP contribution in [0.3, 0.4) is 0 Å². The SMILES string of the molecule is CC(C)=CCC/C(C)=C/Cc1c(O)cc(O)cc1/C=C/c1ccc(O)c(O)c1CC=C(C)C. The fourth-order valence-electron chi connectivity index (χ4n) is 3.50. The Labute approximate surface area is 197 Å². The van der Waals surface area contributed by atoms with Gasteiger partial charge in [-0.3, -0.25) is 0 Å². The van der Waals surface area contributed by atoms with Crippen LogP contribution in [0, 0.1) is 0 Å². The third-order valence-electron chi connectivity index (χ3n) is 5.45. The molecule has 4 heteroatoms. The molecule has 176 valence electrons. The number of aromatic hydroxyl groups is 4. The molecule has 0 heterocycles. The Hall–Kier alpha value is -3.40. The van der Waals surface area contributed by atoms with E-state index in [1.54, 1.807) is 12.1 Å². The third-order valence-corrected chi connectivity index (χ3v) is 5.45. The molecule has 0 aromatic heterocycles. The van der Waals surface area contributed by atoms with Crippen molar-refractivity contribution in [3.05, 3.63) is 81.5 Å². The van der Waals surface area contributed by atoms with Crippen molar-refractivity contribution in [3.8, 4) is 23.0 Å². The van der Waals surface area contributed by atoms with Gasteiger partial charge in [0.2, 0.25) is 0 Å². The van der Waals surface area contributed by atoms with E-state index in [0.717, 1.165) is 29.5 Å². The van der Waals surface area contributed by atoms with E-state index in [0.29, 0.717) is 24.0 Å². The van der Waals surface area contributed by atoms with E-state index in [2.05, 4.69) is 32.9 Å². The molecule has 0 aliphatic heterocycles. The molecule has 0 aliphatic carbocycles. The van der Waals surface area contributed by atoms with Crippen LogP contribution in [0.2, 0.25) is 0 Å². The first-order valence-corrected chi connectivity index (χ1v) is 11.3. The van der Waals surface area contributed by atoms with Crippen molar-refractivity contribution < 1.29 is 20.4 Å². The monoisotopic (exact) mass is 448 g/mol. The normalized spacial score (nSPS) is 11.6. The van der Waals surface area contributed by atoms with Crippen molar-refractivity contribution in [2.24, 2.45) is 0 Å². The van der Waals surface area contributed by atoms with Gasteiger partial charge in [-0.2, -0.15) is 0 Å². The predicted octanol–water partition coefficient (Wildman–Crippen LogP) is 7.42. The second-order valence-electron chi connectivity index (χ2n) is 8.93. The average molecular weight is 449 g/mol. The lowest BCUT2D eigenvalue weighted by Crippen LogP contribution is -1.92. The maximum absolute atomic E-state index is 10.5. The molecule has 2 rings (SSSR count). The molecule has 0 saturated heterocycles. The van der Waals surface area contributed by atoms with Gasteiger partial charge in [0.05, 0.1) is 0 Å². The smallest absolute Gasteiger partial charge is 0.161 e. The Kier molecular flexibility index (Phi) is 9.41. The van der Waals surface area contributed by atoms with E-state index in [1.165, 1.54) is 23.3 Å².